The highest BCUT2D eigenvalue weighted by molar-refractivity contribution is 5.37. The second kappa shape index (κ2) is 3.88. The van der Waals surface area contributed by atoms with Gasteiger partial charge in [-0.15, -0.1) is 0 Å². The Kier molecular flexibility index (Phi) is 3.00. The van der Waals surface area contributed by atoms with Crippen LogP contribution in [0.3, 0.4) is 0 Å². The Morgan fingerprint density at radius 2 is 2.00 bits per heavy atom. The third-order valence-electron chi connectivity index (χ3n) is 1.78. The van der Waals surface area contributed by atoms with E-state index in [-0.39, 0.29) is 5.75 Å². The van der Waals surface area contributed by atoms with Crippen molar-refractivity contribution in [1.29, 1.82) is 0 Å². The first-order chi connectivity index (χ1) is 6.45. The third-order valence-corrected chi connectivity index (χ3v) is 1.78. The van der Waals surface area contributed by atoms with E-state index in [9.17, 15) is 18.3 Å². The zero-order valence-electron chi connectivity index (χ0n) is 7.52. The SMILES string of the molecule is CNCc1ccc(C(F)(F)F)cc1O. The van der Waals surface area contributed by atoms with Gasteiger partial charge in [-0.25, -0.2) is 0 Å². The Bertz CT molecular complexity index is 322. The van der Waals surface area contributed by atoms with Crippen molar-refractivity contribution in [2.24, 2.45) is 0 Å². The number of benzene rings is 1. The monoisotopic (exact) mass is 205 g/mol. The lowest BCUT2D eigenvalue weighted by Gasteiger charge is -2.09. The normalized spacial score (nSPS) is 11.7. The largest absolute Gasteiger partial charge is 0.508 e. The van der Waals surface area contributed by atoms with Crippen LogP contribution in [0.4, 0.5) is 13.2 Å². The van der Waals surface area contributed by atoms with Crippen LogP contribution in [0.15, 0.2) is 18.2 Å². The van der Waals surface area contributed by atoms with Gasteiger partial charge < -0.3 is 10.4 Å². The summed E-state index contributed by atoms with van der Waals surface area (Å²) in [5, 5.41) is 12.0. The summed E-state index contributed by atoms with van der Waals surface area (Å²) in [6, 6.07) is 2.94. The fraction of sp³-hybridized carbons (Fsp3) is 0.333. The molecule has 14 heavy (non-hydrogen) atoms. The summed E-state index contributed by atoms with van der Waals surface area (Å²) >= 11 is 0. The lowest BCUT2D eigenvalue weighted by Crippen LogP contribution is -2.08. The van der Waals surface area contributed by atoms with Crippen LogP contribution in [0.2, 0.25) is 0 Å². The second-order valence-electron chi connectivity index (χ2n) is 2.87. The van der Waals surface area contributed by atoms with Crippen molar-refractivity contribution >= 4 is 0 Å². The van der Waals surface area contributed by atoms with Crippen LogP contribution in [-0.4, -0.2) is 12.2 Å². The molecule has 1 rings (SSSR count). The van der Waals surface area contributed by atoms with E-state index >= 15 is 0 Å². The third kappa shape index (κ3) is 2.38. The summed E-state index contributed by atoms with van der Waals surface area (Å²) in [5.41, 5.74) is -0.393. The molecule has 78 valence electrons. The quantitative estimate of drug-likeness (QED) is 0.775. The van der Waals surface area contributed by atoms with Crippen LogP contribution in [-0.2, 0) is 12.7 Å². The zero-order valence-corrected chi connectivity index (χ0v) is 7.52. The van der Waals surface area contributed by atoms with Crippen LogP contribution in [0.25, 0.3) is 0 Å². The number of hydrogen-bond donors (Lipinski definition) is 2. The van der Waals surface area contributed by atoms with Gasteiger partial charge in [0.15, 0.2) is 0 Å². The van der Waals surface area contributed by atoms with Gasteiger partial charge in [0.05, 0.1) is 5.56 Å². The summed E-state index contributed by atoms with van der Waals surface area (Å²) < 4.78 is 36.5. The lowest BCUT2D eigenvalue weighted by molar-refractivity contribution is -0.137. The standard InChI is InChI=1S/C9H10F3NO/c1-13-5-6-2-3-7(4-8(6)14)9(10,11)12/h2-4,13-14H,5H2,1H3. The average molecular weight is 205 g/mol. The van der Waals surface area contributed by atoms with E-state index in [0.717, 1.165) is 12.1 Å². The summed E-state index contributed by atoms with van der Waals surface area (Å²) in [5.74, 6) is -0.339. The summed E-state index contributed by atoms with van der Waals surface area (Å²) in [4.78, 5) is 0. The van der Waals surface area contributed by atoms with Gasteiger partial charge in [0.1, 0.15) is 5.75 Å². The highest BCUT2D eigenvalue weighted by atomic mass is 19.4. The molecule has 0 saturated heterocycles. The van der Waals surface area contributed by atoms with Gasteiger partial charge in [-0.3, -0.25) is 0 Å². The van der Waals surface area contributed by atoms with Crippen molar-refractivity contribution in [2.75, 3.05) is 7.05 Å². The molecule has 0 heterocycles. The Labute approximate surface area is 79.4 Å². The fourth-order valence-corrected chi connectivity index (χ4v) is 1.08. The summed E-state index contributed by atoms with van der Waals surface area (Å²) in [6.07, 6.45) is -4.41. The van der Waals surface area contributed by atoms with Crippen molar-refractivity contribution < 1.29 is 18.3 Å². The van der Waals surface area contributed by atoms with Gasteiger partial charge in [0, 0.05) is 12.1 Å². The van der Waals surface area contributed by atoms with Crippen LogP contribution >= 0.6 is 0 Å². The molecule has 0 bridgehead atoms. The molecule has 0 saturated carbocycles. The molecular formula is C9H10F3NO. The van der Waals surface area contributed by atoms with E-state index in [1.165, 1.54) is 6.07 Å². The van der Waals surface area contributed by atoms with E-state index < -0.39 is 11.7 Å². The fourth-order valence-electron chi connectivity index (χ4n) is 1.08. The number of phenols is 1. The van der Waals surface area contributed by atoms with Gasteiger partial charge in [-0.1, -0.05) is 6.07 Å². The number of halogens is 3. The number of alkyl halides is 3. The Morgan fingerprint density at radius 1 is 1.36 bits per heavy atom. The highest BCUT2D eigenvalue weighted by Gasteiger charge is 2.30. The molecule has 0 aliphatic rings. The van der Waals surface area contributed by atoms with Crippen LogP contribution in [0.1, 0.15) is 11.1 Å². The molecule has 0 unspecified atom stereocenters. The van der Waals surface area contributed by atoms with Crippen molar-refractivity contribution in [3.05, 3.63) is 29.3 Å². The molecule has 0 radical (unpaired) electrons. The van der Waals surface area contributed by atoms with Crippen LogP contribution in [0, 0.1) is 0 Å². The summed E-state index contributed by atoms with van der Waals surface area (Å²) in [6.45, 7) is 0.337. The number of phenolic OH excluding ortho intramolecular Hbond substituents is 1. The molecule has 2 N–H and O–H groups in total. The molecule has 0 aliphatic carbocycles. The molecule has 0 fully saturated rings. The topological polar surface area (TPSA) is 32.3 Å². The van der Waals surface area contributed by atoms with Crippen molar-refractivity contribution in [3.8, 4) is 5.75 Å². The van der Waals surface area contributed by atoms with Gasteiger partial charge in [-0.2, -0.15) is 13.2 Å². The van der Waals surface area contributed by atoms with E-state index in [2.05, 4.69) is 5.32 Å². The minimum atomic E-state index is -4.41. The molecule has 5 heteroatoms. The maximum absolute atomic E-state index is 12.2. The zero-order chi connectivity index (χ0) is 10.8. The molecule has 0 spiro atoms. The van der Waals surface area contributed by atoms with E-state index in [1.54, 1.807) is 7.05 Å². The first-order valence-electron chi connectivity index (χ1n) is 3.99. The predicted molar refractivity (Wildman–Crippen MR) is 45.9 cm³/mol. The van der Waals surface area contributed by atoms with E-state index in [1.807, 2.05) is 0 Å². The van der Waals surface area contributed by atoms with Gasteiger partial charge >= 0.3 is 6.18 Å². The average Bonchev–Trinajstić information content (AvgIpc) is 2.07. The molecule has 1 aromatic carbocycles. The van der Waals surface area contributed by atoms with Gasteiger partial charge in [-0.05, 0) is 19.2 Å². The smallest absolute Gasteiger partial charge is 0.416 e. The van der Waals surface area contributed by atoms with Crippen molar-refractivity contribution in [1.82, 2.24) is 5.32 Å². The molecule has 0 aromatic heterocycles. The molecule has 0 amide bonds. The minimum absolute atomic E-state index is 0.337. The van der Waals surface area contributed by atoms with Crippen LogP contribution < -0.4 is 5.32 Å². The number of nitrogens with one attached hydrogen (secondary N) is 1. The van der Waals surface area contributed by atoms with Gasteiger partial charge in [0.2, 0.25) is 0 Å². The highest BCUT2D eigenvalue weighted by Crippen LogP contribution is 2.32. The van der Waals surface area contributed by atoms with Crippen molar-refractivity contribution in [2.45, 2.75) is 12.7 Å². The maximum Gasteiger partial charge on any atom is 0.416 e. The van der Waals surface area contributed by atoms with Gasteiger partial charge in [0.25, 0.3) is 0 Å². The second-order valence-corrected chi connectivity index (χ2v) is 2.87. The number of rotatable bonds is 2. The Hall–Kier alpha value is -1.23. The Morgan fingerprint density at radius 3 is 2.43 bits per heavy atom. The molecule has 2 nitrogen and oxygen atoms in total. The van der Waals surface area contributed by atoms with E-state index in [0.29, 0.717) is 12.1 Å². The molecule has 1 aromatic rings. The van der Waals surface area contributed by atoms with Crippen molar-refractivity contribution in [3.63, 3.8) is 0 Å². The number of aromatic hydroxyl groups is 1. The molecule has 0 atom stereocenters. The van der Waals surface area contributed by atoms with E-state index in [4.69, 9.17) is 0 Å². The first-order valence-corrected chi connectivity index (χ1v) is 3.99. The Balaban J connectivity index is 3.01. The minimum Gasteiger partial charge on any atom is -0.508 e. The lowest BCUT2D eigenvalue weighted by atomic mass is 10.1. The molecular weight excluding hydrogens is 195 g/mol. The summed E-state index contributed by atoms with van der Waals surface area (Å²) in [7, 11) is 1.65. The predicted octanol–water partition coefficient (Wildman–Crippen LogP) is 2.13. The van der Waals surface area contributed by atoms with Crippen LogP contribution in [0.5, 0.6) is 5.75 Å². The number of hydrogen-bond acceptors (Lipinski definition) is 2. The first kappa shape index (κ1) is 10.8. The maximum atomic E-state index is 12.2. The molecule has 0 aliphatic heterocycles.